The van der Waals surface area contributed by atoms with Gasteiger partial charge in [-0.3, -0.25) is 0 Å². The summed E-state index contributed by atoms with van der Waals surface area (Å²) in [5.74, 6) is -1.54. The highest BCUT2D eigenvalue weighted by molar-refractivity contribution is 6.33. The normalized spacial score (nSPS) is 9.62. The number of aromatic carboxylic acids is 1. The highest BCUT2D eigenvalue weighted by atomic mass is 35.5. The Balaban J connectivity index is 2.94. The van der Waals surface area contributed by atoms with Crippen molar-refractivity contribution >= 4 is 23.5 Å². The number of carbonyl (C=O) groups excluding carboxylic acids is 1. The number of hydrogen-bond acceptors (Lipinski definition) is 3. The molecule has 0 spiro atoms. The van der Waals surface area contributed by atoms with Gasteiger partial charge in [-0.05, 0) is 19.1 Å². The van der Waals surface area contributed by atoms with E-state index in [1.807, 2.05) is 0 Å². The lowest BCUT2D eigenvalue weighted by Crippen LogP contribution is -2.08. The van der Waals surface area contributed by atoms with Gasteiger partial charge in [0.05, 0.1) is 10.6 Å². The van der Waals surface area contributed by atoms with Crippen LogP contribution in [0.15, 0.2) is 30.4 Å². The van der Waals surface area contributed by atoms with E-state index >= 15 is 0 Å². The van der Waals surface area contributed by atoms with Crippen molar-refractivity contribution in [3.63, 3.8) is 0 Å². The lowest BCUT2D eigenvalue weighted by molar-refractivity contribution is -0.130. The summed E-state index contributed by atoms with van der Waals surface area (Å²) in [5.41, 5.74) is 0.204. The molecule has 1 rings (SSSR count). The molecule has 0 amide bonds. The number of esters is 1. The Kier molecular flexibility index (Phi) is 3.68. The maximum absolute atomic E-state index is 11.2. The predicted octanol–water partition coefficient (Wildman–Crippen LogP) is 2.52. The smallest absolute Gasteiger partial charge is 0.338 e. The van der Waals surface area contributed by atoms with E-state index in [-0.39, 0.29) is 21.9 Å². The Morgan fingerprint density at radius 1 is 1.44 bits per heavy atom. The lowest BCUT2D eigenvalue weighted by Gasteiger charge is -2.05. The molecule has 0 saturated carbocycles. The molecule has 0 heterocycles. The van der Waals surface area contributed by atoms with Gasteiger partial charge < -0.3 is 9.84 Å². The number of halogens is 1. The van der Waals surface area contributed by atoms with Crippen LogP contribution < -0.4 is 4.74 Å². The number of benzene rings is 1. The quantitative estimate of drug-likeness (QED) is 0.501. The molecule has 0 bridgehead atoms. The predicted molar refractivity (Wildman–Crippen MR) is 58.9 cm³/mol. The van der Waals surface area contributed by atoms with Crippen molar-refractivity contribution in [2.75, 3.05) is 0 Å². The maximum Gasteiger partial charge on any atom is 0.338 e. The molecule has 0 aliphatic heterocycles. The molecule has 1 aromatic carbocycles. The second-order valence-electron chi connectivity index (χ2n) is 3.12. The monoisotopic (exact) mass is 240 g/mol. The summed E-state index contributed by atoms with van der Waals surface area (Å²) in [6, 6.07) is 3.90. The van der Waals surface area contributed by atoms with Crippen LogP contribution in [0.2, 0.25) is 5.02 Å². The highest BCUT2D eigenvalue weighted by Gasteiger charge is 2.11. The van der Waals surface area contributed by atoms with Crippen LogP contribution in [0.4, 0.5) is 0 Å². The molecule has 0 radical (unpaired) electrons. The minimum Gasteiger partial charge on any atom is -0.478 e. The average molecular weight is 241 g/mol. The van der Waals surface area contributed by atoms with Crippen molar-refractivity contribution < 1.29 is 19.4 Å². The number of hydrogen-bond donors (Lipinski definition) is 1. The molecular weight excluding hydrogens is 232 g/mol. The molecule has 84 valence electrons. The van der Waals surface area contributed by atoms with E-state index in [1.54, 1.807) is 0 Å². The summed E-state index contributed by atoms with van der Waals surface area (Å²) in [7, 11) is 0. The lowest BCUT2D eigenvalue weighted by atomic mass is 10.2. The third-order valence-corrected chi connectivity index (χ3v) is 2.04. The van der Waals surface area contributed by atoms with E-state index in [0.717, 1.165) is 0 Å². The van der Waals surface area contributed by atoms with Crippen molar-refractivity contribution in [3.05, 3.63) is 40.9 Å². The van der Waals surface area contributed by atoms with Crippen molar-refractivity contribution in [1.29, 1.82) is 0 Å². The van der Waals surface area contributed by atoms with Gasteiger partial charge in [-0.2, -0.15) is 0 Å². The molecular formula is C11H9ClO4. The van der Waals surface area contributed by atoms with Crippen molar-refractivity contribution in [3.8, 4) is 5.75 Å². The van der Waals surface area contributed by atoms with Crippen LogP contribution in [0, 0.1) is 0 Å². The second kappa shape index (κ2) is 4.81. The van der Waals surface area contributed by atoms with Crippen LogP contribution >= 0.6 is 11.6 Å². The molecule has 16 heavy (non-hydrogen) atoms. The zero-order chi connectivity index (χ0) is 12.3. The largest absolute Gasteiger partial charge is 0.478 e. The molecule has 0 atom stereocenters. The van der Waals surface area contributed by atoms with E-state index in [1.165, 1.54) is 25.1 Å². The van der Waals surface area contributed by atoms with Crippen molar-refractivity contribution in [1.82, 2.24) is 0 Å². The maximum atomic E-state index is 11.2. The van der Waals surface area contributed by atoms with Gasteiger partial charge in [0, 0.05) is 11.6 Å². The van der Waals surface area contributed by atoms with Crippen LogP contribution in [0.3, 0.4) is 0 Å². The Hall–Kier alpha value is -1.81. The summed E-state index contributed by atoms with van der Waals surface area (Å²) in [6.07, 6.45) is 0. The van der Waals surface area contributed by atoms with E-state index in [0.29, 0.717) is 0 Å². The molecule has 0 unspecified atom stereocenters. The summed E-state index contributed by atoms with van der Waals surface area (Å²) in [4.78, 5) is 21.8. The van der Waals surface area contributed by atoms with E-state index in [9.17, 15) is 9.59 Å². The van der Waals surface area contributed by atoms with Crippen LogP contribution in [0.25, 0.3) is 0 Å². The van der Waals surface area contributed by atoms with E-state index in [2.05, 4.69) is 6.58 Å². The summed E-state index contributed by atoms with van der Waals surface area (Å²) >= 11 is 5.69. The molecule has 4 nitrogen and oxygen atoms in total. The fourth-order valence-electron chi connectivity index (χ4n) is 0.927. The van der Waals surface area contributed by atoms with Gasteiger partial charge in [0.15, 0.2) is 0 Å². The zero-order valence-electron chi connectivity index (χ0n) is 8.49. The molecule has 0 aromatic heterocycles. The van der Waals surface area contributed by atoms with Crippen LogP contribution in [-0.4, -0.2) is 17.0 Å². The molecule has 0 aliphatic rings. The van der Waals surface area contributed by atoms with Gasteiger partial charge in [0.1, 0.15) is 5.75 Å². The van der Waals surface area contributed by atoms with Gasteiger partial charge in [-0.1, -0.05) is 18.2 Å². The van der Waals surface area contributed by atoms with Gasteiger partial charge in [-0.25, -0.2) is 9.59 Å². The van der Waals surface area contributed by atoms with Gasteiger partial charge in [0.25, 0.3) is 0 Å². The number of carboxylic acid groups (broad SMARTS) is 1. The van der Waals surface area contributed by atoms with Crippen molar-refractivity contribution in [2.24, 2.45) is 0 Å². The average Bonchev–Trinajstić information content (AvgIpc) is 2.16. The van der Waals surface area contributed by atoms with Gasteiger partial charge in [-0.15, -0.1) is 0 Å². The topological polar surface area (TPSA) is 63.6 Å². The summed E-state index contributed by atoms with van der Waals surface area (Å²) in [6.45, 7) is 4.93. The first-order valence-corrected chi connectivity index (χ1v) is 4.70. The van der Waals surface area contributed by atoms with Crippen LogP contribution in [-0.2, 0) is 4.79 Å². The Bertz CT molecular complexity index is 465. The number of ether oxygens (including phenoxy) is 1. The first-order valence-electron chi connectivity index (χ1n) is 4.32. The number of carbonyl (C=O) groups is 2. The standard InChI is InChI=1S/C11H9ClO4/c1-6(2)11(15)16-7-3-4-8(10(13)14)9(12)5-7/h3-5H,1H2,2H3,(H,13,14). The SMILES string of the molecule is C=C(C)C(=O)Oc1ccc(C(=O)O)c(Cl)c1. The van der Waals surface area contributed by atoms with Crippen LogP contribution in [0.1, 0.15) is 17.3 Å². The van der Waals surface area contributed by atoms with Crippen LogP contribution in [0.5, 0.6) is 5.75 Å². The number of carboxylic acids is 1. The number of rotatable bonds is 3. The van der Waals surface area contributed by atoms with Gasteiger partial charge in [0.2, 0.25) is 0 Å². The fraction of sp³-hybridized carbons (Fsp3) is 0.0909. The zero-order valence-corrected chi connectivity index (χ0v) is 9.25. The third-order valence-electron chi connectivity index (χ3n) is 1.73. The summed E-state index contributed by atoms with van der Waals surface area (Å²) in [5, 5.41) is 8.73. The Morgan fingerprint density at radius 2 is 2.06 bits per heavy atom. The fourth-order valence-corrected chi connectivity index (χ4v) is 1.18. The van der Waals surface area contributed by atoms with Crippen molar-refractivity contribution in [2.45, 2.75) is 6.92 Å². The Labute approximate surface area is 97.1 Å². The highest BCUT2D eigenvalue weighted by Crippen LogP contribution is 2.23. The Morgan fingerprint density at radius 3 is 2.50 bits per heavy atom. The second-order valence-corrected chi connectivity index (χ2v) is 3.52. The molecule has 0 fully saturated rings. The summed E-state index contributed by atoms with van der Waals surface area (Å²) < 4.78 is 4.88. The van der Waals surface area contributed by atoms with E-state index < -0.39 is 11.9 Å². The molecule has 1 N–H and O–H groups in total. The molecule has 1 aromatic rings. The van der Waals surface area contributed by atoms with Gasteiger partial charge >= 0.3 is 11.9 Å². The minimum atomic E-state index is -1.14. The first-order chi connectivity index (χ1) is 7.41. The minimum absolute atomic E-state index is 0.0134. The molecule has 0 aliphatic carbocycles. The first kappa shape index (κ1) is 12.3. The van der Waals surface area contributed by atoms with E-state index in [4.69, 9.17) is 21.4 Å². The molecule has 0 saturated heterocycles. The molecule has 5 heteroatoms. The third kappa shape index (κ3) is 2.84.